The minimum absolute atomic E-state index is 0. The monoisotopic (exact) mass is 380 g/mol. The van der Waals surface area contributed by atoms with Gasteiger partial charge in [-0.1, -0.05) is 56.0 Å². The molecule has 0 radical (unpaired) electrons. The van der Waals surface area contributed by atoms with Gasteiger partial charge >= 0.3 is 0 Å². The molecule has 146 valence electrons. The number of halogens is 1. The van der Waals surface area contributed by atoms with E-state index in [1.54, 1.807) is 0 Å². The van der Waals surface area contributed by atoms with Crippen molar-refractivity contribution in [3.8, 4) is 0 Å². The standard InChI is InChI=1S/C21H32N2O2.ClH/c22-19(17-10-14-25-15-11-17)20(24)23-16-21(12-6-1-2-7-13-21)18-8-4-3-5-9-18;/h3-5,8-9,17,19H,1-2,6-7,10-16,22H2,(H,23,24);1H. The number of rotatable bonds is 5. The van der Waals surface area contributed by atoms with Gasteiger partial charge in [-0.3, -0.25) is 4.79 Å². The maximum atomic E-state index is 12.7. The van der Waals surface area contributed by atoms with Crippen molar-refractivity contribution < 1.29 is 9.53 Å². The lowest BCUT2D eigenvalue weighted by molar-refractivity contribution is -0.124. The molecule has 3 N–H and O–H groups in total. The summed E-state index contributed by atoms with van der Waals surface area (Å²) in [6.07, 6.45) is 9.12. The molecule has 4 nitrogen and oxygen atoms in total. The number of hydrogen-bond acceptors (Lipinski definition) is 3. The first-order chi connectivity index (χ1) is 12.2. The third kappa shape index (κ3) is 5.21. The summed E-state index contributed by atoms with van der Waals surface area (Å²) in [6.45, 7) is 2.14. The van der Waals surface area contributed by atoms with Crippen molar-refractivity contribution in [1.82, 2.24) is 5.32 Å². The van der Waals surface area contributed by atoms with Crippen LogP contribution < -0.4 is 11.1 Å². The zero-order valence-electron chi connectivity index (χ0n) is 15.6. The van der Waals surface area contributed by atoms with Crippen molar-refractivity contribution in [2.24, 2.45) is 11.7 Å². The molecule has 0 spiro atoms. The Morgan fingerprint density at radius 1 is 1.12 bits per heavy atom. The van der Waals surface area contributed by atoms with Gasteiger partial charge in [-0.25, -0.2) is 0 Å². The molecule has 1 aliphatic carbocycles. The minimum Gasteiger partial charge on any atom is -0.381 e. The quantitative estimate of drug-likeness (QED) is 0.767. The maximum absolute atomic E-state index is 12.7. The maximum Gasteiger partial charge on any atom is 0.237 e. The molecule has 2 fully saturated rings. The van der Waals surface area contributed by atoms with Crippen molar-refractivity contribution in [3.63, 3.8) is 0 Å². The fourth-order valence-electron chi connectivity index (χ4n) is 4.43. The first-order valence-electron chi connectivity index (χ1n) is 9.88. The normalized spacial score (nSPS) is 21.9. The molecular weight excluding hydrogens is 348 g/mol. The molecule has 3 rings (SSSR count). The van der Waals surface area contributed by atoms with Crippen LogP contribution in [0.3, 0.4) is 0 Å². The Morgan fingerprint density at radius 3 is 2.35 bits per heavy atom. The van der Waals surface area contributed by atoms with E-state index >= 15 is 0 Å². The summed E-state index contributed by atoms with van der Waals surface area (Å²) in [5.41, 5.74) is 7.67. The molecule has 1 aromatic rings. The van der Waals surface area contributed by atoms with Crippen LogP contribution in [0.4, 0.5) is 0 Å². The van der Waals surface area contributed by atoms with Gasteiger partial charge in [0.1, 0.15) is 0 Å². The summed E-state index contributed by atoms with van der Waals surface area (Å²) < 4.78 is 5.39. The zero-order chi connectivity index (χ0) is 17.5. The molecule has 0 aromatic heterocycles. The van der Waals surface area contributed by atoms with E-state index in [-0.39, 0.29) is 29.6 Å². The SMILES string of the molecule is Cl.NC(C(=O)NCC1(c2ccccc2)CCCCCC1)C1CCOCC1. The highest BCUT2D eigenvalue weighted by Gasteiger charge is 2.34. The van der Waals surface area contributed by atoms with Gasteiger partial charge in [0.2, 0.25) is 5.91 Å². The molecule has 26 heavy (non-hydrogen) atoms. The highest BCUT2D eigenvalue weighted by molar-refractivity contribution is 5.85. The van der Waals surface area contributed by atoms with E-state index in [4.69, 9.17) is 10.5 Å². The Bertz CT molecular complexity index is 538. The van der Waals surface area contributed by atoms with Crippen molar-refractivity contribution in [1.29, 1.82) is 0 Å². The van der Waals surface area contributed by atoms with Gasteiger partial charge in [0, 0.05) is 25.2 Å². The van der Waals surface area contributed by atoms with Gasteiger partial charge in [-0.2, -0.15) is 0 Å². The van der Waals surface area contributed by atoms with E-state index in [1.807, 2.05) is 0 Å². The number of carbonyl (C=O) groups excluding carboxylic acids is 1. The van der Waals surface area contributed by atoms with Crippen LogP contribution in [0.1, 0.15) is 56.9 Å². The van der Waals surface area contributed by atoms with Crippen LogP contribution in [-0.2, 0) is 14.9 Å². The number of amides is 1. The number of carbonyl (C=O) groups is 1. The van der Waals surface area contributed by atoms with Crippen molar-refractivity contribution in [3.05, 3.63) is 35.9 Å². The smallest absolute Gasteiger partial charge is 0.237 e. The number of nitrogens with one attached hydrogen (secondary N) is 1. The Labute approximate surface area is 163 Å². The van der Waals surface area contributed by atoms with Crippen LogP contribution >= 0.6 is 12.4 Å². The summed E-state index contributed by atoms with van der Waals surface area (Å²) in [5.74, 6) is 0.252. The lowest BCUT2D eigenvalue weighted by Gasteiger charge is -2.35. The Kier molecular flexibility index (Phi) is 8.39. The number of nitrogens with two attached hydrogens (primary N) is 1. The summed E-state index contributed by atoms with van der Waals surface area (Å²) in [5, 5.41) is 3.21. The Balaban J connectivity index is 0.00000243. The van der Waals surface area contributed by atoms with Gasteiger partial charge in [0.05, 0.1) is 6.04 Å². The van der Waals surface area contributed by atoms with E-state index in [2.05, 4.69) is 35.6 Å². The molecule has 1 unspecified atom stereocenters. The predicted molar refractivity (Wildman–Crippen MR) is 108 cm³/mol. The molecular formula is C21H33ClN2O2. The van der Waals surface area contributed by atoms with Gasteiger partial charge < -0.3 is 15.8 Å². The first-order valence-corrected chi connectivity index (χ1v) is 9.88. The highest BCUT2D eigenvalue weighted by atomic mass is 35.5. The largest absolute Gasteiger partial charge is 0.381 e. The van der Waals surface area contributed by atoms with Crippen LogP contribution in [0.5, 0.6) is 0 Å². The molecule has 0 bridgehead atoms. The van der Waals surface area contributed by atoms with Crippen LogP contribution in [0, 0.1) is 5.92 Å². The van der Waals surface area contributed by atoms with Crippen LogP contribution in [-0.4, -0.2) is 31.7 Å². The average molecular weight is 381 g/mol. The van der Waals surface area contributed by atoms with Crippen LogP contribution in [0.2, 0.25) is 0 Å². The van der Waals surface area contributed by atoms with E-state index in [1.165, 1.54) is 31.2 Å². The third-order valence-corrected chi connectivity index (χ3v) is 6.12. The van der Waals surface area contributed by atoms with E-state index in [9.17, 15) is 4.79 Å². The second-order valence-corrected chi connectivity index (χ2v) is 7.75. The molecule has 2 aliphatic rings. The molecule has 1 amide bonds. The summed E-state index contributed by atoms with van der Waals surface area (Å²) in [6, 6.07) is 10.3. The second kappa shape index (κ2) is 10.3. The Hall–Kier alpha value is -1.10. The number of ether oxygens (including phenoxy) is 1. The summed E-state index contributed by atoms with van der Waals surface area (Å²) in [7, 11) is 0. The third-order valence-electron chi connectivity index (χ3n) is 6.12. The zero-order valence-corrected chi connectivity index (χ0v) is 16.4. The summed E-state index contributed by atoms with van der Waals surface area (Å²) in [4.78, 5) is 12.7. The fraction of sp³-hybridized carbons (Fsp3) is 0.667. The molecule has 5 heteroatoms. The lowest BCUT2D eigenvalue weighted by atomic mass is 9.74. The molecule has 1 atom stereocenters. The number of benzene rings is 1. The van der Waals surface area contributed by atoms with Gasteiger partial charge in [-0.15, -0.1) is 12.4 Å². The fourth-order valence-corrected chi connectivity index (χ4v) is 4.43. The molecule has 1 saturated carbocycles. The van der Waals surface area contributed by atoms with Crippen molar-refractivity contribution in [2.75, 3.05) is 19.8 Å². The van der Waals surface area contributed by atoms with E-state index < -0.39 is 6.04 Å². The second-order valence-electron chi connectivity index (χ2n) is 7.75. The van der Waals surface area contributed by atoms with E-state index in [0.717, 1.165) is 38.9 Å². The van der Waals surface area contributed by atoms with Crippen molar-refractivity contribution >= 4 is 18.3 Å². The highest BCUT2D eigenvalue weighted by Crippen LogP contribution is 2.38. The van der Waals surface area contributed by atoms with Gasteiger partial charge in [-0.05, 0) is 37.2 Å². The van der Waals surface area contributed by atoms with Gasteiger partial charge in [0.15, 0.2) is 0 Å². The topological polar surface area (TPSA) is 64.4 Å². The van der Waals surface area contributed by atoms with Crippen molar-refractivity contribution in [2.45, 2.75) is 62.8 Å². The van der Waals surface area contributed by atoms with Crippen LogP contribution in [0.25, 0.3) is 0 Å². The minimum atomic E-state index is -0.414. The van der Waals surface area contributed by atoms with Gasteiger partial charge in [0.25, 0.3) is 0 Å². The van der Waals surface area contributed by atoms with E-state index in [0.29, 0.717) is 6.54 Å². The van der Waals surface area contributed by atoms with Crippen LogP contribution in [0.15, 0.2) is 30.3 Å². The average Bonchev–Trinajstić information content (AvgIpc) is 2.93. The molecule has 1 heterocycles. The summed E-state index contributed by atoms with van der Waals surface area (Å²) >= 11 is 0. The lowest BCUT2D eigenvalue weighted by Crippen LogP contribution is -2.50. The molecule has 1 aliphatic heterocycles. The Morgan fingerprint density at radius 2 is 1.73 bits per heavy atom. The predicted octanol–water partition coefficient (Wildman–Crippen LogP) is 3.57. The number of hydrogen-bond donors (Lipinski definition) is 2. The first kappa shape index (κ1) is 21.2. The molecule has 1 aromatic carbocycles. The molecule has 1 saturated heterocycles.